The van der Waals surface area contributed by atoms with Crippen molar-refractivity contribution in [3.05, 3.63) is 106 Å². The zero-order valence-electron chi connectivity index (χ0n) is 22.0. The van der Waals surface area contributed by atoms with Crippen LogP contribution in [0.25, 0.3) is 11.1 Å². The number of aromatic nitrogens is 3. The van der Waals surface area contributed by atoms with E-state index < -0.39 is 71.5 Å². The summed E-state index contributed by atoms with van der Waals surface area (Å²) in [6, 6.07) is 8.21. The molecule has 0 saturated carbocycles. The first-order chi connectivity index (χ1) is 20.3. The number of halogens is 6. The molecule has 0 radical (unpaired) electrons. The molecule has 0 saturated heterocycles. The van der Waals surface area contributed by atoms with Crippen LogP contribution in [0.15, 0.2) is 54.7 Å². The average Bonchev–Trinajstić information content (AvgIpc) is 3.45. The van der Waals surface area contributed by atoms with Crippen LogP contribution in [0.4, 0.5) is 26.3 Å². The summed E-state index contributed by atoms with van der Waals surface area (Å²) in [4.78, 5) is 41.3. The predicted octanol–water partition coefficient (Wildman–Crippen LogP) is 4.25. The number of alkyl halides is 3. The predicted molar refractivity (Wildman–Crippen MR) is 139 cm³/mol. The summed E-state index contributed by atoms with van der Waals surface area (Å²) in [5, 5.41) is 6.19. The Hall–Kier alpha value is -5.01. The molecule has 2 amide bonds. The minimum atomic E-state index is -4.85. The lowest BCUT2D eigenvalue weighted by Gasteiger charge is -2.22. The number of carbonyl (C=O) groups is 3. The van der Waals surface area contributed by atoms with Crippen molar-refractivity contribution in [2.45, 2.75) is 38.0 Å². The van der Waals surface area contributed by atoms with Gasteiger partial charge in [-0.2, -0.15) is 18.3 Å². The van der Waals surface area contributed by atoms with E-state index in [2.05, 4.69) is 15.4 Å². The summed E-state index contributed by atoms with van der Waals surface area (Å²) in [5.74, 6) is -4.97. The molecular weight excluding hydrogens is 580 g/mol. The Morgan fingerprint density at radius 3 is 2.42 bits per heavy atom. The molecule has 0 aliphatic heterocycles. The first-order valence-corrected chi connectivity index (χ1v) is 12.8. The highest BCUT2D eigenvalue weighted by Crippen LogP contribution is 2.36. The molecule has 4 aromatic rings. The normalized spacial score (nSPS) is 13.6. The smallest absolute Gasteiger partial charge is 0.366 e. The number of rotatable bonds is 8. The number of nitrogens with one attached hydrogen (secondary N) is 1. The summed E-state index contributed by atoms with van der Waals surface area (Å²) in [5.41, 5.74) is 4.14. The van der Waals surface area contributed by atoms with E-state index in [1.165, 1.54) is 24.4 Å². The van der Waals surface area contributed by atoms with Crippen LogP contribution in [0.2, 0.25) is 0 Å². The van der Waals surface area contributed by atoms with E-state index in [-0.39, 0.29) is 40.9 Å². The van der Waals surface area contributed by atoms with Gasteiger partial charge in [0.15, 0.2) is 5.69 Å². The SMILES string of the molecule is NC(=O)c1cc(-c2cccnc2C(Cc2cc(F)cc(F)c2)NC(=O)Cn2nc(C(F)(F)F)c3c2CC(=O)C3)ccc1F. The van der Waals surface area contributed by atoms with Gasteiger partial charge in [0.05, 0.1) is 23.0 Å². The van der Waals surface area contributed by atoms with Gasteiger partial charge in [-0.1, -0.05) is 12.1 Å². The molecule has 1 unspecified atom stereocenters. The third kappa shape index (κ3) is 6.27. The Kier molecular flexibility index (Phi) is 7.78. The Morgan fingerprint density at radius 2 is 1.74 bits per heavy atom. The van der Waals surface area contributed by atoms with Gasteiger partial charge in [-0.05, 0) is 47.9 Å². The van der Waals surface area contributed by atoms with E-state index >= 15 is 0 Å². The van der Waals surface area contributed by atoms with Crippen molar-refractivity contribution in [1.82, 2.24) is 20.1 Å². The second-order valence-corrected chi connectivity index (χ2v) is 9.92. The Labute approximate surface area is 239 Å². The molecule has 2 aromatic carbocycles. The molecule has 1 atom stereocenters. The largest absolute Gasteiger partial charge is 0.435 e. The summed E-state index contributed by atoms with van der Waals surface area (Å²) < 4.78 is 83.8. The molecule has 2 heterocycles. The highest BCUT2D eigenvalue weighted by Gasteiger charge is 2.42. The van der Waals surface area contributed by atoms with E-state index in [0.29, 0.717) is 11.6 Å². The van der Waals surface area contributed by atoms with Crippen molar-refractivity contribution in [3.8, 4) is 11.1 Å². The number of primary amides is 1. The topological polar surface area (TPSA) is 120 Å². The van der Waals surface area contributed by atoms with Gasteiger partial charge < -0.3 is 11.1 Å². The molecule has 0 fully saturated rings. The zero-order valence-corrected chi connectivity index (χ0v) is 22.0. The lowest BCUT2D eigenvalue weighted by atomic mass is 9.94. The first-order valence-electron chi connectivity index (χ1n) is 12.8. The number of carbonyl (C=O) groups excluding carboxylic acids is 3. The highest BCUT2D eigenvalue weighted by atomic mass is 19.4. The number of amides is 2. The maximum absolute atomic E-state index is 14.2. The van der Waals surface area contributed by atoms with Gasteiger partial charge in [0.25, 0.3) is 5.91 Å². The maximum Gasteiger partial charge on any atom is 0.435 e. The van der Waals surface area contributed by atoms with Crippen LogP contribution < -0.4 is 11.1 Å². The molecule has 43 heavy (non-hydrogen) atoms. The van der Waals surface area contributed by atoms with Gasteiger partial charge in [0.1, 0.15) is 29.8 Å². The van der Waals surface area contributed by atoms with E-state index in [1.807, 2.05) is 0 Å². The number of pyridine rings is 1. The van der Waals surface area contributed by atoms with Gasteiger partial charge in [0.2, 0.25) is 5.91 Å². The fraction of sp³-hybridized carbons (Fsp3) is 0.207. The fourth-order valence-corrected chi connectivity index (χ4v) is 5.10. The zero-order chi connectivity index (χ0) is 31.1. The molecule has 8 nitrogen and oxygen atoms in total. The van der Waals surface area contributed by atoms with Gasteiger partial charge in [-0.15, -0.1) is 0 Å². The van der Waals surface area contributed by atoms with Crippen molar-refractivity contribution in [3.63, 3.8) is 0 Å². The first kappa shape index (κ1) is 29.5. The highest BCUT2D eigenvalue weighted by molar-refractivity contribution is 5.94. The molecule has 2 aromatic heterocycles. The molecule has 0 bridgehead atoms. The van der Waals surface area contributed by atoms with Crippen molar-refractivity contribution < 1.29 is 40.7 Å². The van der Waals surface area contributed by atoms with E-state index in [1.54, 1.807) is 6.07 Å². The number of hydrogen-bond acceptors (Lipinski definition) is 5. The minimum absolute atomic E-state index is 0.0277. The molecular formula is C29H21F6N5O3. The summed E-state index contributed by atoms with van der Waals surface area (Å²) in [6.07, 6.45) is -4.49. The van der Waals surface area contributed by atoms with Crippen LogP contribution >= 0.6 is 0 Å². The van der Waals surface area contributed by atoms with E-state index in [4.69, 9.17) is 5.73 Å². The number of nitrogens with two attached hydrogens (primary N) is 1. The van der Waals surface area contributed by atoms with Crippen molar-refractivity contribution in [2.24, 2.45) is 5.73 Å². The number of nitrogens with zero attached hydrogens (tertiary/aromatic N) is 3. The Bertz CT molecular complexity index is 1750. The average molecular weight is 602 g/mol. The molecule has 1 aliphatic rings. The third-order valence-corrected chi connectivity index (χ3v) is 6.88. The second kappa shape index (κ2) is 11.3. The van der Waals surface area contributed by atoms with E-state index in [9.17, 15) is 40.7 Å². The Morgan fingerprint density at radius 1 is 1.02 bits per heavy atom. The molecule has 14 heteroatoms. The monoisotopic (exact) mass is 601 g/mol. The summed E-state index contributed by atoms with van der Waals surface area (Å²) in [7, 11) is 0. The van der Waals surface area contributed by atoms with Crippen LogP contribution in [0.3, 0.4) is 0 Å². The molecule has 222 valence electrons. The van der Waals surface area contributed by atoms with Crippen LogP contribution in [0.5, 0.6) is 0 Å². The van der Waals surface area contributed by atoms with Gasteiger partial charge in [-0.25, -0.2) is 13.2 Å². The number of Topliss-reactive ketones (excluding diaryl/α,β-unsaturated/α-hetero) is 1. The molecule has 5 rings (SSSR count). The standard InChI is InChI=1S/C29H21F6N5O3/c30-16-6-14(7-17(31)10-16)8-23(26-19(2-1-5-37-26)15-3-4-22(32)20(9-15)28(36)43)38-25(42)13-40-24-12-18(41)11-21(24)27(39-40)29(33,34)35/h1-7,9-10,23H,8,11-13H2,(H2,36,43)(H,38,42). The van der Waals surface area contributed by atoms with Gasteiger partial charge in [0, 0.05) is 36.2 Å². The number of hydrogen-bond donors (Lipinski definition) is 2. The van der Waals surface area contributed by atoms with Crippen LogP contribution in [-0.4, -0.2) is 32.4 Å². The van der Waals surface area contributed by atoms with Gasteiger partial charge in [-0.3, -0.25) is 24.0 Å². The van der Waals surface area contributed by atoms with Gasteiger partial charge >= 0.3 is 6.18 Å². The lowest BCUT2D eigenvalue weighted by Crippen LogP contribution is -2.34. The van der Waals surface area contributed by atoms with Crippen LogP contribution in [0.1, 0.15) is 44.6 Å². The molecule has 1 aliphatic carbocycles. The van der Waals surface area contributed by atoms with Crippen LogP contribution in [0, 0.1) is 17.5 Å². The maximum atomic E-state index is 14.2. The quantitative estimate of drug-likeness (QED) is 0.293. The molecule has 3 N–H and O–H groups in total. The van der Waals surface area contributed by atoms with Crippen molar-refractivity contribution >= 4 is 17.6 Å². The number of ketones is 1. The number of fused-ring (bicyclic) bond motifs is 1. The van der Waals surface area contributed by atoms with Crippen molar-refractivity contribution in [2.75, 3.05) is 0 Å². The summed E-state index contributed by atoms with van der Waals surface area (Å²) >= 11 is 0. The third-order valence-electron chi connectivity index (χ3n) is 6.88. The van der Waals surface area contributed by atoms with Crippen LogP contribution in [-0.2, 0) is 41.6 Å². The minimum Gasteiger partial charge on any atom is -0.366 e. The second-order valence-electron chi connectivity index (χ2n) is 9.92. The van der Waals surface area contributed by atoms with Crippen molar-refractivity contribution in [1.29, 1.82) is 0 Å². The fourth-order valence-electron chi connectivity index (χ4n) is 5.10. The van der Waals surface area contributed by atoms with E-state index in [0.717, 1.165) is 22.9 Å². The molecule has 0 spiro atoms. The lowest BCUT2D eigenvalue weighted by molar-refractivity contribution is -0.142. The summed E-state index contributed by atoms with van der Waals surface area (Å²) in [6.45, 7) is -0.704. The number of benzene rings is 2. The Balaban J connectivity index is 1.53.